The smallest absolute Gasteiger partial charge is 0.345 e. The maximum absolute atomic E-state index is 11.9. The summed E-state index contributed by atoms with van der Waals surface area (Å²) in [6.07, 6.45) is 1.43. The van der Waals surface area contributed by atoms with E-state index < -0.39 is 11.6 Å². The first-order valence-electron chi connectivity index (χ1n) is 6.67. The molecule has 1 heterocycles. The number of rotatable bonds is 5. The van der Waals surface area contributed by atoms with Crippen molar-refractivity contribution in [1.82, 2.24) is 15.4 Å². The van der Waals surface area contributed by atoms with E-state index in [-0.39, 0.29) is 5.69 Å². The van der Waals surface area contributed by atoms with Gasteiger partial charge in [0.05, 0.1) is 20.4 Å². The molecule has 0 spiro atoms. The second-order valence-electron chi connectivity index (χ2n) is 4.56. The zero-order valence-electron chi connectivity index (χ0n) is 12.9. The Labute approximate surface area is 132 Å². The van der Waals surface area contributed by atoms with E-state index in [2.05, 4.69) is 20.5 Å². The summed E-state index contributed by atoms with van der Waals surface area (Å²) in [4.78, 5) is 29.2. The number of carbonyl (C=O) groups is 1. The highest BCUT2D eigenvalue weighted by Gasteiger charge is 2.08. The number of aromatic nitrogens is 2. The quantitative estimate of drug-likeness (QED) is 0.628. The van der Waals surface area contributed by atoms with Crippen LogP contribution in [0.15, 0.2) is 34.2 Å². The first-order chi connectivity index (χ1) is 11.0. The molecule has 2 N–H and O–H groups in total. The van der Waals surface area contributed by atoms with Crippen LogP contribution in [0.25, 0.3) is 0 Å². The Morgan fingerprint density at radius 1 is 1.30 bits per heavy atom. The molecule has 0 aliphatic rings. The SMILES string of the molecule is COc1ccc(/C=N/NC(=O)c2cc(C)[nH]c(=O)n2)c(OC)c1. The van der Waals surface area contributed by atoms with Gasteiger partial charge in [-0.25, -0.2) is 10.2 Å². The predicted octanol–water partition coefficient (Wildman–Crippen LogP) is 0.859. The fraction of sp³-hybridized carbons (Fsp3) is 0.200. The van der Waals surface area contributed by atoms with Crippen LogP contribution in [0.5, 0.6) is 11.5 Å². The molecule has 0 aliphatic carbocycles. The van der Waals surface area contributed by atoms with Crippen molar-refractivity contribution in [1.29, 1.82) is 0 Å². The first kappa shape index (κ1) is 16.2. The number of aryl methyl sites for hydroxylation is 1. The molecule has 0 radical (unpaired) electrons. The number of aromatic amines is 1. The number of nitrogens with zero attached hydrogens (tertiary/aromatic N) is 2. The summed E-state index contributed by atoms with van der Waals surface area (Å²) in [6.45, 7) is 1.66. The second-order valence-corrected chi connectivity index (χ2v) is 4.56. The van der Waals surface area contributed by atoms with Crippen molar-refractivity contribution in [3.8, 4) is 11.5 Å². The minimum absolute atomic E-state index is 0.00917. The minimum Gasteiger partial charge on any atom is -0.497 e. The van der Waals surface area contributed by atoms with Gasteiger partial charge in [0.25, 0.3) is 5.91 Å². The van der Waals surface area contributed by atoms with Gasteiger partial charge in [-0.2, -0.15) is 10.1 Å². The molecule has 1 amide bonds. The van der Waals surface area contributed by atoms with Crippen molar-refractivity contribution < 1.29 is 14.3 Å². The minimum atomic E-state index is -0.587. The van der Waals surface area contributed by atoms with Crippen LogP contribution >= 0.6 is 0 Å². The third-order valence-corrected chi connectivity index (χ3v) is 2.92. The van der Waals surface area contributed by atoms with Crippen LogP contribution in [-0.4, -0.2) is 36.3 Å². The van der Waals surface area contributed by atoms with E-state index in [1.165, 1.54) is 19.4 Å². The molecule has 0 atom stereocenters. The Hall–Kier alpha value is -3.16. The lowest BCUT2D eigenvalue weighted by Crippen LogP contribution is -2.24. The van der Waals surface area contributed by atoms with Crippen LogP contribution in [0.3, 0.4) is 0 Å². The predicted molar refractivity (Wildman–Crippen MR) is 84.2 cm³/mol. The van der Waals surface area contributed by atoms with Gasteiger partial charge >= 0.3 is 5.69 Å². The lowest BCUT2D eigenvalue weighted by atomic mass is 10.2. The number of hydrogen-bond acceptors (Lipinski definition) is 6. The van der Waals surface area contributed by atoms with Crippen molar-refractivity contribution in [2.24, 2.45) is 5.10 Å². The topological polar surface area (TPSA) is 106 Å². The monoisotopic (exact) mass is 316 g/mol. The molecular formula is C15H16N4O4. The Morgan fingerprint density at radius 3 is 2.74 bits per heavy atom. The Morgan fingerprint density at radius 2 is 2.09 bits per heavy atom. The standard InChI is InChI=1S/C15H16N4O4/c1-9-6-12(18-15(21)17-9)14(20)19-16-8-10-4-5-11(22-2)7-13(10)23-3/h4-8H,1-3H3,(H,19,20)(H,17,18,21)/b16-8+. The summed E-state index contributed by atoms with van der Waals surface area (Å²) in [5.41, 5.74) is 2.91. The molecule has 120 valence electrons. The molecule has 0 saturated heterocycles. The Kier molecular flexibility index (Phi) is 5.08. The van der Waals surface area contributed by atoms with Gasteiger partial charge in [-0.15, -0.1) is 0 Å². The largest absolute Gasteiger partial charge is 0.497 e. The van der Waals surface area contributed by atoms with E-state index in [0.717, 1.165) is 0 Å². The van der Waals surface area contributed by atoms with E-state index in [1.54, 1.807) is 32.2 Å². The molecule has 8 nitrogen and oxygen atoms in total. The summed E-state index contributed by atoms with van der Waals surface area (Å²) in [6, 6.07) is 6.64. The van der Waals surface area contributed by atoms with E-state index in [1.807, 2.05) is 0 Å². The summed E-state index contributed by atoms with van der Waals surface area (Å²) in [7, 11) is 3.08. The van der Waals surface area contributed by atoms with Crippen molar-refractivity contribution in [3.63, 3.8) is 0 Å². The van der Waals surface area contributed by atoms with Gasteiger partial charge in [0, 0.05) is 17.3 Å². The third-order valence-electron chi connectivity index (χ3n) is 2.92. The number of methoxy groups -OCH3 is 2. The number of H-pyrrole nitrogens is 1. The maximum Gasteiger partial charge on any atom is 0.345 e. The average molecular weight is 316 g/mol. The van der Waals surface area contributed by atoms with Crippen molar-refractivity contribution >= 4 is 12.1 Å². The first-order valence-corrected chi connectivity index (χ1v) is 6.67. The molecule has 0 fully saturated rings. The van der Waals surface area contributed by atoms with E-state index in [0.29, 0.717) is 22.8 Å². The summed E-state index contributed by atoms with van der Waals surface area (Å²) >= 11 is 0. The number of hydrogen-bond donors (Lipinski definition) is 2. The fourth-order valence-electron chi connectivity index (χ4n) is 1.84. The van der Waals surface area contributed by atoms with Crippen LogP contribution in [0.4, 0.5) is 0 Å². The van der Waals surface area contributed by atoms with Crippen LogP contribution < -0.4 is 20.6 Å². The highest BCUT2D eigenvalue weighted by molar-refractivity contribution is 5.93. The number of nitrogens with one attached hydrogen (secondary N) is 2. The lowest BCUT2D eigenvalue weighted by molar-refractivity contribution is 0.0949. The van der Waals surface area contributed by atoms with Crippen molar-refractivity contribution in [2.75, 3.05) is 14.2 Å². The molecule has 0 bridgehead atoms. The van der Waals surface area contributed by atoms with Gasteiger partial charge in [-0.3, -0.25) is 4.79 Å². The normalized spacial score (nSPS) is 10.6. The highest BCUT2D eigenvalue weighted by atomic mass is 16.5. The molecule has 8 heteroatoms. The van der Waals surface area contributed by atoms with Crippen LogP contribution in [0.2, 0.25) is 0 Å². The van der Waals surface area contributed by atoms with Crippen LogP contribution in [0.1, 0.15) is 21.7 Å². The van der Waals surface area contributed by atoms with Crippen molar-refractivity contribution in [3.05, 3.63) is 51.7 Å². The number of benzene rings is 1. The summed E-state index contributed by atoms with van der Waals surface area (Å²) in [5.74, 6) is 0.613. The molecule has 0 aliphatic heterocycles. The molecule has 0 saturated carbocycles. The average Bonchev–Trinajstić information content (AvgIpc) is 2.54. The van der Waals surface area contributed by atoms with Crippen molar-refractivity contribution in [2.45, 2.75) is 6.92 Å². The third kappa shape index (κ3) is 4.16. The zero-order valence-corrected chi connectivity index (χ0v) is 12.9. The molecule has 1 aromatic carbocycles. The van der Waals surface area contributed by atoms with Crippen LogP contribution in [-0.2, 0) is 0 Å². The number of ether oxygens (including phenoxy) is 2. The molecule has 0 unspecified atom stereocenters. The van der Waals surface area contributed by atoms with Gasteiger partial charge < -0.3 is 14.5 Å². The maximum atomic E-state index is 11.9. The van der Waals surface area contributed by atoms with Gasteiger partial charge in [-0.1, -0.05) is 0 Å². The summed E-state index contributed by atoms with van der Waals surface area (Å²) in [5, 5.41) is 3.84. The van der Waals surface area contributed by atoms with E-state index in [9.17, 15) is 9.59 Å². The molecule has 23 heavy (non-hydrogen) atoms. The number of hydrazone groups is 1. The second kappa shape index (κ2) is 7.21. The molecular weight excluding hydrogens is 300 g/mol. The highest BCUT2D eigenvalue weighted by Crippen LogP contribution is 2.22. The fourth-order valence-corrected chi connectivity index (χ4v) is 1.84. The number of carbonyl (C=O) groups excluding carboxylic acids is 1. The van der Waals surface area contributed by atoms with E-state index >= 15 is 0 Å². The molecule has 2 aromatic rings. The van der Waals surface area contributed by atoms with Gasteiger partial charge in [0.1, 0.15) is 17.2 Å². The Bertz CT molecular complexity index is 798. The summed E-state index contributed by atoms with van der Waals surface area (Å²) < 4.78 is 10.3. The molecule has 2 rings (SSSR count). The van der Waals surface area contributed by atoms with E-state index in [4.69, 9.17) is 9.47 Å². The lowest BCUT2D eigenvalue weighted by Gasteiger charge is -2.06. The Balaban J connectivity index is 2.12. The molecule has 1 aromatic heterocycles. The number of amides is 1. The van der Waals surface area contributed by atoms with Gasteiger partial charge in [0.15, 0.2) is 0 Å². The zero-order chi connectivity index (χ0) is 16.8. The van der Waals surface area contributed by atoms with Gasteiger partial charge in [0.2, 0.25) is 0 Å². The van der Waals surface area contributed by atoms with Crippen LogP contribution in [0, 0.1) is 6.92 Å². The van der Waals surface area contributed by atoms with Gasteiger partial charge in [-0.05, 0) is 25.1 Å².